The third-order valence-electron chi connectivity index (χ3n) is 6.16. The zero-order valence-corrected chi connectivity index (χ0v) is 18.7. The summed E-state index contributed by atoms with van der Waals surface area (Å²) in [7, 11) is 0. The molecule has 2 aromatic rings. The molecule has 2 saturated heterocycles. The summed E-state index contributed by atoms with van der Waals surface area (Å²) in [6.07, 6.45) is 4.23. The Kier molecular flexibility index (Phi) is 5.65. The number of ether oxygens (including phenoxy) is 1. The van der Waals surface area contributed by atoms with Crippen LogP contribution in [-0.2, 0) is 4.79 Å². The highest BCUT2D eigenvalue weighted by Crippen LogP contribution is 2.34. The second-order valence-electron chi connectivity index (χ2n) is 8.46. The Morgan fingerprint density at radius 2 is 1.85 bits per heavy atom. The van der Waals surface area contributed by atoms with Gasteiger partial charge in [-0.3, -0.25) is 9.69 Å². The second kappa shape index (κ2) is 8.76. The number of amides is 3. The predicted molar refractivity (Wildman–Crippen MR) is 124 cm³/mol. The molecule has 2 fully saturated rings. The predicted octanol–water partition coefficient (Wildman–Crippen LogP) is 2.71. The highest BCUT2D eigenvalue weighted by atomic mass is 16.5. The van der Waals surface area contributed by atoms with E-state index >= 15 is 0 Å². The molecule has 3 heterocycles. The number of fused-ring (bicyclic) bond motifs is 3. The first-order chi connectivity index (χ1) is 16.0. The Morgan fingerprint density at radius 3 is 2.58 bits per heavy atom. The molecule has 33 heavy (non-hydrogen) atoms. The Morgan fingerprint density at radius 1 is 1.09 bits per heavy atom. The molecule has 9 nitrogen and oxygen atoms in total. The van der Waals surface area contributed by atoms with Crippen LogP contribution in [0.1, 0.15) is 30.5 Å². The lowest BCUT2D eigenvalue weighted by molar-refractivity contribution is -0.117. The number of aryl methyl sites for hydroxylation is 1. The molecule has 172 valence electrons. The fourth-order valence-corrected chi connectivity index (χ4v) is 4.49. The zero-order valence-electron chi connectivity index (χ0n) is 18.7. The number of benzene rings is 2. The van der Waals surface area contributed by atoms with Gasteiger partial charge >= 0.3 is 6.03 Å². The number of carbonyl (C=O) groups excluding carboxylic acids is 2. The Labute approximate surface area is 192 Å². The normalized spacial score (nSPS) is 23.5. The van der Waals surface area contributed by atoms with Crippen molar-refractivity contribution in [2.24, 2.45) is 0 Å². The molecule has 0 radical (unpaired) electrons. The summed E-state index contributed by atoms with van der Waals surface area (Å²) in [5, 5.41) is 6.26. The van der Waals surface area contributed by atoms with Crippen LogP contribution in [0.5, 0.6) is 5.75 Å². The van der Waals surface area contributed by atoms with Gasteiger partial charge < -0.3 is 15.1 Å². The van der Waals surface area contributed by atoms with Crippen molar-refractivity contribution in [3.05, 3.63) is 72.1 Å². The van der Waals surface area contributed by atoms with Crippen molar-refractivity contribution < 1.29 is 14.3 Å². The molecule has 5 rings (SSSR count). The number of hydrazine groups is 2. The minimum atomic E-state index is -0.275. The molecule has 3 N–H and O–H groups in total. The average molecular weight is 449 g/mol. The van der Waals surface area contributed by atoms with Crippen LogP contribution in [0.2, 0.25) is 0 Å². The Hall–Kier alpha value is -3.56. The van der Waals surface area contributed by atoms with E-state index in [1.807, 2.05) is 13.1 Å². The topological polar surface area (TPSA) is 89.2 Å². The van der Waals surface area contributed by atoms with Gasteiger partial charge in [-0.25, -0.2) is 20.7 Å². The van der Waals surface area contributed by atoms with Crippen LogP contribution in [0.3, 0.4) is 0 Å². The minimum Gasteiger partial charge on any atom is -0.494 e. The summed E-state index contributed by atoms with van der Waals surface area (Å²) in [5.41, 5.74) is 9.84. The van der Waals surface area contributed by atoms with Crippen LogP contribution in [0.4, 0.5) is 10.5 Å². The molecule has 3 atom stereocenters. The van der Waals surface area contributed by atoms with E-state index in [1.165, 1.54) is 16.1 Å². The Balaban J connectivity index is 1.21. The average Bonchev–Trinajstić information content (AvgIpc) is 3.37. The van der Waals surface area contributed by atoms with E-state index in [9.17, 15) is 9.59 Å². The van der Waals surface area contributed by atoms with Crippen molar-refractivity contribution in [2.45, 2.75) is 38.5 Å². The van der Waals surface area contributed by atoms with Gasteiger partial charge in [-0.15, -0.1) is 0 Å². The summed E-state index contributed by atoms with van der Waals surface area (Å²) < 4.78 is 5.42. The molecule has 3 aliphatic rings. The molecule has 0 aromatic heterocycles. The number of anilines is 1. The largest absolute Gasteiger partial charge is 0.494 e. The number of rotatable bonds is 6. The van der Waals surface area contributed by atoms with E-state index in [4.69, 9.17) is 4.74 Å². The number of carbonyl (C=O) groups is 2. The maximum absolute atomic E-state index is 12.9. The number of urea groups is 1. The SMILES string of the molecule is CCOc1ccc(NC(=O)CN2NC3C4CC(c5ccc(C)cc5)NN4C=CN3C2=O)cc1. The highest BCUT2D eigenvalue weighted by molar-refractivity contribution is 5.94. The molecule has 9 heteroatoms. The minimum absolute atomic E-state index is 0.0458. The first kappa shape index (κ1) is 21.3. The van der Waals surface area contributed by atoms with E-state index < -0.39 is 0 Å². The number of hydrogen-bond acceptors (Lipinski definition) is 6. The number of hydrogen-bond donors (Lipinski definition) is 3. The van der Waals surface area contributed by atoms with E-state index in [1.54, 1.807) is 35.4 Å². The van der Waals surface area contributed by atoms with Gasteiger partial charge in [0, 0.05) is 18.1 Å². The Bertz CT molecular complexity index is 1050. The van der Waals surface area contributed by atoms with Crippen molar-refractivity contribution >= 4 is 17.6 Å². The van der Waals surface area contributed by atoms with E-state index in [2.05, 4.69) is 52.4 Å². The third-order valence-corrected chi connectivity index (χ3v) is 6.16. The lowest BCUT2D eigenvalue weighted by atomic mass is 9.99. The van der Waals surface area contributed by atoms with Crippen LogP contribution < -0.4 is 20.9 Å². The molecule has 3 aliphatic heterocycles. The maximum atomic E-state index is 12.9. The lowest BCUT2D eigenvalue weighted by Gasteiger charge is -2.34. The van der Waals surface area contributed by atoms with Gasteiger partial charge in [-0.1, -0.05) is 29.8 Å². The maximum Gasteiger partial charge on any atom is 0.340 e. The van der Waals surface area contributed by atoms with Crippen molar-refractivity contribution in [3.8, 4) is 5.75 Å². The van der Waals surface area contributed by atoms with Gasteiger partial charge in [0.05, 0.1) is 18.7 Å². The monoisotopic (exact) mass is 448 g/mol. The molecule has 3 amide bonds. The zero-order chi connectivity index (χ0) is 22.9. The van der Waals surface area contributed by atoms with Gasteiger partial charge in [0.2, 0.25) is 5.91 Å². The first-order valence-electron chi connectivity index (χ1n) is 11.2. The van der Waals surface area contributed by atoms with Gasteiger partial charge in [0.25, 0.3) is 0 Å². The van der Waals surface area contributed by atoms with E-state index in [0.29, 0.717) is 12.3 Å². The van der Waals surface area contributed by atoms with Crippen molar-refractivity contribution in [1.29, 1.82) is 0 Å². The van der Waals surface area contributed by atoms with Crippen LogP contribution in [0.25, 0.3) is 0 Å². The highest BCUT2D eigenvalue weighted by Gasteiger charge is 2.48. The molecule has 0 spiro atoms. The van der Waals surface area contributed by atoms with Gasteiger partial charge in [-0.2, -0.15) is 0 Å². The van der Waals surface area contributed by atoms with Crippen LogP contribution in [0, 0.1) is 6.92 Å². The smallest absolute Gasteiger partial charge is 0.340 e. The molecular formula is C24H28N6O3. The van der Waals surface area contributed by atoms with Crippen LogP contribution in [-0.4, -0.2) is 52.2 Å². The summed E-state index contributed by atoms with van der Waals surface area (Å²) >= 11 is 0. The standard InChI is InChI=1S/C24H28N6O3/c1-3-33-19-10-8-18(9-11-19)25-22(31)15-30-24(32)28-12-13-29-21(23(28)27-30)14-20(26-29)17-6-4-16(2)5-7-17/h4-13,20-21,23,26-27H,3,14-15H2,1-2H3,(H,25,31). The summed E-state index contributed by atoms with van der Waals surface area (Å²) in [4.78, 5) is 27.2. The molecule has 0 aliphatic carbocycles. The summed E-state index contributed by atoms with van der Waals surface area (Å²) in [6.45, 7) is 4.49. The van der Waals surface area contributed by atoms with Gasteiger partial charge in [0.15, 0.2) is 0 Å². The fourth-order valence-electron chi connectivity index (χ4n) is 4.49. The van der Waals surface area contributed by atoms with Crippen molar-refractivity contribution in [2.75, 3.05) is 18.5 Å². The fraction of sp³-hybridized carbons (Fsp3) is 0.333. The summed E-state index contributed by atoms with van der Waals surface area (Å²) in [6, 6.07) is 15.6. The van der Waals surface area contributed by atoms with Crippen molar-refractivity contribution in [1.82, 2.24) is 25.8 Å². The van der Waals surface area contributed by atoms with Gasteiger partial charge in [0.1, 0.15) is 18.5 Å². The number of nitrogens with one attached hydrogen (secondary N) is 3. The summed E-state index contributed by atoms with van der Waals surface area (Å²) in [5.74, 6) is 0.469. The number of nitrogens with zero attached hydrogens (tertiary/aromatic N) is 3. The second-order valence-corrected chi connectivity index (χ2v) is 8.46. The molecule has 0 bridgehead atoms. The molecule has 3 unspecified atom stereocenters. The van der Waals surface area contributed by atoms with E-state index in [-0.39, 0.29) is 36.7 Å². The van der Waals surface area contributed by atoms with E-state index in [0.717, 1.165) is 12.2 Å². The molecule has 2 aromatic carbocycles. The quantitative estimate of drug-likeness (QED) is 0.630. The lowest BCUT2D eigenvalue weighted by Crippen LogP contribution is -2.54. The van der Waals surface area contributed by atoms with Crippen molar-refractivity contribution in [3.63, 3.8) is 0 Å². The van der Waals surface area contributed by atoms with Gasteiger partial charge in [-0.05, 0) is 50.1 Å². The molecule has 0 saturated carbocycles. The molecular weight excluding hydrogens is 420 g/mol. The third kappa shape index (κ3) is 4.24. The van der Waals surface area contributed by atoms with Crippen LogP contribution in [0.15, 0.2) is 60.9 Å². The van der Waals surface area contributed by atoms with Crippen LogP contribution >= 0.6 is 0 Å². The first-order valence-corrected chi connectivity index (χ1v) is 11.2.